The second-order valence-electron chi connectivity index (χ2n) is 10.4. The number of phenolic OH excluding ortho intramolecular Hbond substituents is 1. The summed E-state index contributed by atoms with van der Waals surface area (Å²) in [7, 11) is 0. The van der Waals surface area contributed by atoms with E-state index in [1.165, 1.54) is 59.0 Å². The molecule has 0 unspecified atom stereocenters. The second-order valence-corrected chi connectivity index (χ2v) is 11.3. The van der Waals surface area contributed by atoms with Crippen LogP contribution in [-0.4, -0.2) is 43.8 Å². The van der Waals surface area contributed by atoms with Crippen LogP contribution in [0, 0.1) is 23.0 Å². The maximum atomic E-state index is 15.8. The van der Waals surface area contributed by atoms with Gasteiger partial charge < -0.3 is 19.3 Å². The SMILES string of the molecule is N#Cc1ccc(-c2csc(C3([C@@](Cn4cncn4)(OC(=O)OCOC(=O)c4cccc(O)c4)c4ccc(F)cc4F)CC3)n2)cc1. The molecule has 1 atom stereocenters. The number of rotatable bonds is 10. The van der Waals surface area contributed by atoms with Gasteiger partial charge in [0.1, 0.15) is 35.0 Å². The lowest BCUT2D eigenvalue weighted by atomic mass is 9.77. The molecule has 5 aromatic rings. The number of aromatic hydroxyl groups is 1. The van der Waals surface area contributed by atoms with E-state index < -0.39 is 41.6 Å². The van der Waals surface area contributed by atoms with Gasteiger partial charge in [-0.3, -0.25) is 0 Å². The van der Waals surface area contributed by atoms with Crippen molar-refractivity contribution in [2.24, 2.45) is 0 Å². The molecule has 232 valence electrons. The molecule has 2 heterocycles. The Labute approximate surface area is 264 Å². The van der Waals surface area contributed by atoms with Crippen molar-refractivity contribution >= 4 is 23.5 Å². The third kappa shape index (κ3) is 5.87. The molecule has 0 spiro atoms. The number of halogens is 2. The lowest BCUT2D eigenvalue weighted by Crippen LogP contribution is -2.48. The van der Waals surface area contributed by atoms with Crippen LogP contribution in [0.4, 0.5) is 13.6 Å². The first-order valence-electron chi connectivity index (χ1n) is 13.8. The molecule has 1 saturated carbocycles. The van der Waals surface area contributed by atoms with Crippen molar-refractivity contribution in [3.05, 3.63) is 118 Å². The zero-order chi connectivity index (χ0) is 32.3. The summed E-state index contributed by atoms with van der Waals surface area (Å²) in [6.07, 6.45) is 2.12. The van der Waals surface area contributed by atoms with Gasteiger partial charge in [0, 0.05) is 22.6 Å². The average molecular weight is 644 g/mol. The van der Waals surface area contributed by atoms with Crippen LogP contribution in [0.25, 0.3) is 11.3 Å². The van der Waals surface area contributed by atoms with Crippen molar-refractivity contribution in [3.63, 3.8) is 0 Å². The Morgan fingerprint density at radius 3 is 2.57 bits per heavy atom. The standard InChI is InChI=1S/C32H23F2N5O6S/c33-23-8-9-25(26(34)13-23)32(16-39-18-36-17-37-39,45-30(42)44-19-43-28(41)22-2-1-3-24(40)12-22)31(10-11-31)29-38-27(15-46-29)21-6-4-20(14-35)5-7-21/h1-9,12-13,15,17-18,40H,10-11,16,19H2/t32-/m0/s1. The highest BCUT2D eigenvalue weighted by atomic mass is 32.1. The van der Waals surface area contributed by atoms with E-state index in [2.05, 4.69) is 16.2 Å². The fraction of sp³-hybridized carbons (Fsp3) is 0.188. The molecule has 1 aliphatic carbocycles. The molecule has 0 saturated heterocycles. The predicted octanol–water partition coefficient (Wildman–Crippen LogP) is 5.85. The summed E-state index contributed by atoms with van der Waals surface area (Å²) >= 11 is 1.27. The van der Waals surface area contributed by atoms with E-state index in [0.717, 1.165) is 11.6 Å². The van der Waals surface area contributed by atoms with Crippen LogP contribution in [0.2, 0.25) is 0 Å². The smallest absolute Gasteiger partial charge is 0.508 e. The summed E-state index contributed by atoms with van der Waals surface area (Å²) in [6, 6.07) is 17.2. The van der Waals surface area contributed by atoms with Crippen LogP contribution in [-0.2, 0) is 31.8 Å². The van der Waals surface area contributed by atoms with Crippen LogP contribution in [0.15, 0.2) is 84.8 Å². The minimum Gasteiger partial charge on any atom is -0.508 e. The fourth-order valence-electron chi connectivity index (χ4n) is 5.31. The zero-order valence-corrected chi connectivity index (χ0v) is 24.6. The fourth-order valence-corrected chi connectivity index (χ4v) is 6.47. The van der Waals surface area contributed by atoms with Crippen LogP contribution in [0.1, 0.15) is 39.3 Å². The molecule has 11 nitrogen and oxygen atoms in total. The normalized spacial score (nSPS) is 14.5. The third-order valence-electron chi connectivity index (χ3n) is 7.67. The third-order valence-corrected chi connectivity index (χ3v) is 8.72. The first-order chi connectivity index (χ1) is 22.2. The summed E-state index contributed by atoms with van der Waals surface area (Å²) in [4.78, 5) is 34.5. The lowest BCUT2D eigenvalue weighted by molar-refractivity contribution is -0.0960. The minimum atomic E-state index is -1.88. The average Bonchev–Trinajstić information content (AvgIpc) is 3.43. The highest BCUT2D eigenvalue weighted by Crippen LogP contribution is 2.63. The Balaban J connectivity index is 1.36. The molecule has 3 aromatic carbocycles. The Bertz CT molecular complexity index is 1940. The largest absolute Gasteiger partial charge is 0.512 e. The van der Waals surface area contributed by atoms with Gasteiger partial charge in [-0.15, -0.1) is 11.3 Å². The molecule has 46 heavy (non-hydrogen) atoms. The van der Waals surface area contributed by atoms with Crippen molar-refractivity contribution in [1.29, 1.82) is 5.26 Å². The Morgan fingerprint density at radius 1 is 1.09 bits per heavy atom. The summed E-state index contributed by atoms with van der Waals surface area (Å²) in [5.74, 6) is -2.84. The van der Waals surface area contributed by atoms with Crippen LogP contribution < -0.4 is 0 Å². The van der Waals surface area contributed by atoms with Crippen LogP contribution >= 0.6 is 11.3 Å². The molecular formula is C32H23F2N5O6S. The van der Waals surface area contributed by atoms with Crippen molar-refractivity contribution in [2.45, 2.75) is 30.4 Å². The quantitative estimate of drug-likeness (QED) is 0.145. The number of ether oxygens (including phenoxy) is 3. The number of nitrogens with zero attached hydrogens (tertiary/aromatic N) is 5. The molecule has 0 aliphatic heterocycles. The molecule has 14 heteroatoms. The number of nitriles is 1. The number of carbonyl (C=O) groups is 2. The number of hydrogen-bond donors (Lipinski definition) is 1. The molecule has 1 aliphatic rings. The second kappa shape index (κ2) is 12.4. The van der Waals surface area contributed by atoms with E-state index in [0.29, 0.717) is 35.2 Å². The van der Waals surface area contributed by atoms with Crippen LogP contribution in [0.3, 0.4) is 0 Å². The van der Waals surface area contributed by atoms with Gasteiger partial charge in [0.25, 0.3) is 0 Å². The van der Waals surface area contributed by atoms with Gasteiger partial charge in [-0.25, -0.2) is 33.0 Å². The van der Waals surface area contributed by atoms with E-state index >= 15 is 4.39 Å². The number of esters is 1. The molecule has 6 rings (SSSR count). The minimum absolute atomic E-state index is 0.0182. The van der Waals surface area contributed by atoms with Gasteiger partial charge in [0.05, 0.1) is 34.8 Å². The van der Waals surface area contributed by atoms with Crippen molar-refractivity contribution < 1.29 is 37.7 Å². The van der Waals surface area contributed by atoms with E-state index in [1.54, 1.807) is 29.6 Å². The zero-order valence-electron chi connectivity index (χ0n) is 23.8. The first kappa shape index (κ1) is 30.4. The molecule has 0 amide bonds. The number of hydrogen-bond acceptors (Lipinski definition) is 11. The van der Waals surface area contributed by atoms with Gasteiger partial charge in [-0.05, 0) is 55.3 Å². The summed E-state index contributed by atoms with van der Waals surface area (Å²) < 4.78 is 47.5. The Hall–Kier alpha value is -5.68. The number of benzene rings is 3. The van der Waals surface area contributed by atoms with Crippen molar-refractivity contribution in [3.8, 4) is 23.1 Å². The maximum absolute atomic E-state index is 15.8. The molecular weight excluding hydrogens is 620 g/mol. The summed E-state index contributed by atoms with van der Waals surface area (Å²) in [5.41, 5.74) is -1.31. The van der Waals surface area contributed by atoms with Crippen LogP contribution in [0.5, 0.6) is 5.75 Å². The van der Waals surface area contributed by atoms with Gasteiger partial charge >= 0.3 is 12.1 Å². The Kier molecular flexibility index (Phi) is 8.16. The van der Waals surface area contributed by atoms with Crippen molar-refractivity contribution in [1.82, 2.24) is 19.7 Å². The predicted molar refractivity (Wildman–Crippen MR) is 157 cm³/mol. The number of carbonyl (C=O) groups excluding carboxylic acids is 2. The molecule has 2 aromatic heterocycles. The first-order valence-corrected chi connectivity index (χ1v) is 14.7. The van der Waals surface area contributed by atoms with E-state index in [1.807, 2.05) is 0 Å². The molecule has 0 bridgehead atoms. The summed E-state index contributed by atoms with van der Waals surface area (Å²) in [6.45, 7) is -1.11. The lowest BCUT2D eigenvalue weighted by Gasteiger charge is -2.39. The highest BCUT2D eigenvalue weighted by molar-refractivity contribution is 7.10. The molecule has 1 N–H and O–H groups in total. The Morgan fingerprint density at radius 2 is 1.89 bits per heavy atom. The van der Waals surface area contributed by atoms with E-state index in [9.17, 15) is 19.1 Å². The van der Waals surface area contributed by atoms with Crippen molar-refractivity contribution in [2.75, 3.05) is 6.79 Å². The van der Waals surface area contributed by atoms with Gasteiger partial charge in [0.2, 0.25) is 6.79 Å². The van der Waals surface area contributed by atoms with Gasteiger partial charge in [0.15, 0.2) is 5.60 Å². The monoisotopic (exact) mass is 643 g/mol. The van der Waals surface area contributed by atoms with E-state index in [-0.39, 0.29) is 23.4 Å². The number of thiazole rings is 1. The van der Waals surface area contributed by atoms with E-state index in [4.69, 9.17) is 24.5 Å². The molecule has 0 radical (unpaired) electrons. The number of phenols is 1. The topological polar surface area (TPSA) is 149 Å². The van der Waals surface area contributed by atoms with Gasteiger partial charge in [-0.2, -0.15) is 10.4 Å². The number of aromatic nitrogens is 4. The highest BCUT2D eigenvalue weighted by Gasteiger charge is 2.67. The maximum Gasteiger partial charge on any atom is 0.512 e. The molecule has 1 fully saturated rings. The van der Waals surface area contributed by atoms with Gasteiger partial charge in [-0.1, -0.05) is 18.2 Å². The summed E-state index contributed by atoms with van der Waals surface area (Å²) in [5, 5.41) is 25.3.